The fourth-order valence-corrected chi connectivity index (χ4v) is 4.55. The van der Waals surface area contributed by atoms with Crippen molar-refractivity contribution in [1.82, 2.24) is 0 Å². The normalized spacial score (nSPS) is 15.2. The minimum Gasteiger partial charge on any atom is -0.294 e. The van der Waals surface area contributed by atoms with Crippen molar-refractivity contribution in [3.63, 3.8) is 0 Å². The van der Waals surface area contributed by atoms with Gasteiger partial charge in [0.2, 0.25) is 0 Å². The van der Waals surface area contributed by atoms with Gasteiger partial charge in [-0.15, -0.1) is 23.5 Å². The fourth-order valence-electron chi connectivity index (χ4n) is 1.82. The monoisotopic (exact) mass is 292 g/mol. The average molecular weight is 292 g/mol. The zero-order valence-electron chi connectivity index (χ0n) is 11.1. The molecule has 1 aliphatic heterocycles. The van der Waals surface area contributed by atoms with E-state index >= 15 is 0 Å². The van der Waals surface area contributed by atoms with Crippen LogP contribution in [-0.2, 0) is 4.79 Å². The molecule has 1 heterocycles. The van der Waals surface area contributed by atoms with E-state index in [0.717, 1.165) is 27.7 Å². The van der Waals surface area contributed by atoms with E-state index in [9.17, 15) is 9.59 Å². The molecule has 0 radical (unpaired) electrons. The number of ketones is 2. The van der Waals surface area contributed by atoms with E-state index < -0.39 is 0 Å². The zero-order valence-corrected chi connectivity index (χ0v) is 12.7. The summed E-state index contributed by atoms with van der Waals surface area (Å²) in [5.41, 5.74) is 2.06. The highest BCUT2D eigenvalue weighted by Crippen LogP contribution is 2.38. The van der Waals surface area contributed by atoms with Crippen LogP contribution in [0.3, 0.4) is 0 Å². The minimum absolute atomic E-state index is 0.137. The largest absolute Gasteiger partial charge is 0.294 e. The number of thioether (sulfide) groups is 2. The number of aryl methyl sites for hydroxylation is 1. The third-order valence-corrected chi connectivity index (χ3v) is 5.48. The molecule has 2 nitrogen and oxygen atoms in total. The van der Waals surface area contributed by atoms with E-state index in [1.165, 1.54) is 6.92 Å². The van der Waals surface area contributed by atoms with Gasteiger partial charge in [0.25, 0.3) is 0 Å². The summed E-state index contributed by atoms with van der Waals surface area (Å²) in [6.45, 7) is 3.45. The molecule has 0 amide bonds. The standard InChI is InChI=1S/C15H16O2S2/c1-10-4-6-12(7-5-10)14(17)13(11(2)16)15-18-8-3-9-19-15/h4-7H,3,8-9H2,1-2H3. The first-order chi connectivity index (χ1) is 9.09. The van der Waals surface area contributed by atoms with Crippen LogP contribution < -0.4 is 0 Å². The lowest BCUT2D eigenvalue weighted by Gasteiger charge is -2.16. The average Bonchev–Trinajstić information content (AvgIpc) is 2.40. The topological polar surface area (TPSA) is 34.1 Å². The van der Waals surface area contributed by atoms with E-state index in [1.54, 1.807) is 35.7 Å². The first-order valence-corrected chi connectivity index (χ1v) is 8.19. The van der Waals surface area contributed by atoms with Gasteiger partial charge < -0.3 is 0 Å². The van der Waals surface area contributed by atoms with Gasteiger partial charge in [0.15, 0.2) is 11.6 Å². The van der Waals surface area contributed by atoms with Crippen molar-refractivity contribution in [1.29, 1.82) is 0 Å². The summed E-state index contributed by atoms with van der Waals surface area (Å²) in [4.78, 5) is 24.3. The molecular formula is C15H16O2S2. The Morgan fingerprint density at radius 1 is 1.05 bits per heavy atom. The highest BCUT2D eigenvalue weighted by molar-refractivity contribution is 8.22. The van der Waals surface area contributed by atoms with Gasteiger partial charge in [-0.05, 0) is 31.8 Å². The Labute approximate surface area is 122 Å². The number of hydrogen-bond acceptors (Lipinski definition) is 4. The lowest BCUT2D eigenvalue weighted by molar-refractivity contribution is -0.113. The Kier molecular flexibility index (Phi) is 4.88. The first kappa shape index (κ1) is 14.4. The van der Waals surface area contributed by atoms with Crippen molar-refractivity contribution in [3.05, 3.63) is 45.2 Å². The van der Waals surface area contributed by atoms with Gasteiger partial charge in [-0.1, -0.05) is 29.8 Å². The molecule has 0 spiro atoms. The summed E-state index contributed by atoms with van der Waals surface area (Å²) < 4.78 is 0.893. The Balaban J connectivity index is 2.36. The lowest BCUT2D eigenvalue weighted by atomic mass is 10.0. The van der Waals surface area contributed by atoms with Crippen molar-refractivity contribution in [2.45, 2.75) is 20.3 Å². The van der Waals surface area contributed by atoms with Crippen LogP contribution in [0.2, 0.25) is 0 Å². The Morgan fingerprint density at radius 3 is 2.16 bits per heavy atom. The lowest BCUT2D eigenvalue weighted by Crippen LogP contribution is -2.13. The van der Waals surface area contributed by atoms with Gasteiger partial charge in [-0.2, -0.15) is 0 Å². The van der Waals surface area contributed by atoms with Crippen molar-refractivity contribution in [2.24, 2.45) is 0 Å². The molecule has 4 heteroatoms. The third-order valence-electron chi connectivity index (χ3n) is 2.85. The number of Topliss-reactive ketones (excluding diaryl/α,β-unsaturated/α-hetero) is 2. The summed E-state index contributed by atoms with van der Waals surface area (Å²) in [5, 5.41) is 0. The van der Waals surface area contributed by atoms with E-state index in [-0.39, 0.29) is 11.6 Å². The second-order valence-electron chi connectivity index (χ2n) is 4.46. The molecule has 1 aliphatic rings. The van der Waals surface area contributed by atoms with Crippen LogP contribution in [0.1, 0.15) is 29.3 Å². The summed E-state index contributed by atoms with van der Waals surface area (Å²) in [6, 6.07) is 7.38. The van der Waals surface area contributed by atoms with Gasteiger partial charge in [-0.25, -0.2) is 0 Å². The quantitative estimate of drug-likeness (QED) is 0.367. The molecule has 1 aromatic carbocycles. The van der Waals surface area contributed by atoms with E-state index in [4.69, 9.17) is 0 Å². The Bertz CT molecular complexity index is 522. The SMILES string of the molecule is CC(=O)C(C(=O)c1ccc(C)cc1)=C1SCCCS1. The molecule has 0 saturated carbocycles. The van der Waals surface area contributed by atoms with Crippen molar-refractivity contribution in [2.75, 3.05) is 11.5 Å². The molecule has 1 fully saturated rings. The maximum Gasteiger partial charge on any atom is 0.198 e. The van der Waals surface area contributed by atoms with E-state index in [1.807, 2.05) is 19.1 Å². The predicted octanol–water partition coefficient (Wildman–Crippen LogP) is 3.85. The molecule has 0 bridgehead atoms. The maximum atomic E-state index is 12.5. The number of carbonyl (C=O) groups excluding carboxylic acids is 2. The fraction of sp³-hybridized carbons (Fsp3) is 0.333. The Hall–Kier alpha value is -1.000. The molecular weight excluding hydrogens is 276 g/mol. The molecule has 0 aliphatic carbocycles. The molecule has 0 aromatic heterocycles. The Morgan fingerprint density at radius 2 is 1.63 bits per heavy atom. The van der Waals surface area contributed by atoms with E-state index in [2.05, 4.69) is 0 Å². The predicted molar refractivity (Wildman–Crippen MR) is 82.7 cm³/mol. The second-order valence-corrected chi connectivity index (χ2v) is 6.93. The van der Waals surface area contributed by atoms with Gasteiger partial charge in [-0.3, -0.25) is 9.59 Å². The molecule has 2 rings (SSSR count). The summed E-state index contributed by atoms with van der Waals surface area (Å²) >= 11 is 3.25. The number of benzene rings is 1. The summed E-state index contributed by atoms with van der Waals surface area (Å²) in [5.74, 6) is 1.69. The minimum atomic E-state index is -0.149. The maximum absolute atomic E-state index is 12.5. The third kappa shape index (κ3) is 3.51. The van der Waals surface area contributed by atoms with E-state index in [0.29, 0.717) is 11.1 Å². The highest BCUT2D eigenvalue weighted by Gasteiger charge is 2.23. The van der Waals surface area contributed by atoms with Crippen LogP contribution in [-0.4, -0.2) is 23.1 Å². The van der Waals surface area contributed by atoms with Gasteiger partial charge >= 0.3 is 0 Å². The first-order valence-electron chi connectivity index (χ1n) is 6.22. The highest BCUT2D eigenvalue weighted by atomic mass is 32.2. The van der Waals surface area contributed by atoms with Gasteiger partial charge in [0, 0.05) is 5.56 Å². The molecule has 1 aromatic rings. The van der Waals surface area contributed by atoms with Crippen molar-refractivity contribution in [3.8, 4) is 0 Å². The number of allylic oxidation sites excluding steroid dienone is 1. The van der Waals surface area contributed by atoms with Crippen LogP contribution in [0.15, 0.2) is 34.1 Å². The molecule has 100 valence electrons. The van der Waals surface area contributed by atoms with Crippen LogP contribution in [0.25, 0.3) is 0 Å². The number of rotatable bonds is 3. The number of carbonyl (C=O) groups is 2. The zero-order chi connectivity index (χ0) is 13.8. The second kappa shape index (κ2) is 6.44. The van der Waals surface area contributed by atoms with Crippen molar-refractivity contribution < 1.29 is 9.59 Å². The van der Waals surface area contributed by atoms with Gasteiger partial charge in [0.1, 0.15) is 0 Å². The molecule has 19 heavy (non-hydrogen) atoms. The summed E-state index contributed by atoms with van der Waals surface area (Å²) in [6.07, 6.45) is 1.13. The van der Waals surface area contributed by atoms with Crippen LogP contribution in [0, 0.1) is 6.92 Å². The molecule has 0 atom stereocenters. The molecule has 0 N–H and O–H groups in total. The molecule has 0 unspecified atom stereocenters. The van der Waals surface area contributed by atoms with Crippen LogP contribution in [0.5, 0.6) is 0 Å². The number of hydrogen-bond donors (Lipinski definition) is 0. The summed E-state index contributed by atoms with van der Waals surface area (Å²) in [7, 11) is 0. The van der Waals surface area contributed by atoms with Crippen LogP contribution in [0.4, 0.5) is 0 Å². The molecule has 1 saturated heterocycles. The van der Waals surface area contributed by atoms with Gasteiger partial charge in [0.05, 0.1) is 9.81 Å². The van der Waals surface area contributed by atoms with Crippen LogP contribution >= 0.6 is 23.5 Å². The van der Waals surface area contributed by atoms with Crippen molar-refractivity contribution >= 4 is 35.1 Å². The smallest absolute Gasteiger partial charge is 0.198 e.